The number of fused-ring (bicyclic) bond motifs is 3. The summed E-state index contributed by atoms with van der Waals surface area (Å²) < 4.78 is 79.8. The van der Waals surface area contributed by atoms with Crippen molar-refractivity contribution in [3.05, 3.63) is 154 Å². The Bertz CT molecular complexity index is 4960. The van der Waals surface area contributed by atoms with E-state index in [0.29, 0.717) is 132 Å². The highest BCUT2D eigenvalue weighted by molar-refractivity contribution is 5.89. The Morgan fingerprint density at radius 3 is 1.38 bits per heavy atom. The van der Waals surface area contributed by atoms with Crippen molar-refractivity contribution >= 4 is 52.2 Å². The molecule has 15 rings (SSSR count). The number of likely N-dealkylation sites (N-methyl/N-ethyl adjacent to an activating group) is 3. The van der Waals surface area contributed by atoms with E-state index < -0.39 is 29.8 Å². The summed E-state index contributed by atoms with van der Waals surface area (Å²) in [6.07, 6.45) is 5.65. The number of aromatic nitrogens is 7. The van der Waals surface area contributed by atoms with E-state index in [4.69, 9.17) is 44.1 Å². The summed E-state index contributed by atoms with van der Waals surface area (Å²) in [4.78, 5) is 97.6. The first-order chi connectivity index (χ1) is 57.0. The molecule has 8 atom stereocenters. The molecule has 3 amide bonds. The van der Waals surface area contributed by atoms with Crippen LogP contribution in [0, 0.1) is 53.7 Å². The Balaban J connectivity index is 0.641. The zero-order valence-electron chi connectivity index (χ0n) is 67.8. The highest BCUT2D eigenvalue weighted by Crippen LogP contribution is 2.44. The highest BCUT2D eigenvalue weighted by Gasteiger charge is 2.43. The van der Waals surface area contributed by atoms with Crippen LogP contribution in [0.5, 0.6) is 18.0 Å². The number of nitriles is 3. The van der Waals surface area contributed by atoms with Gasteiger partial charge in [-0.1, -0.05) is 31.9 Å². The first kappa shape index (κ1) is 81.9. The van der Waals surface area contributed by atoms with E-state index in [1.807, 2.05) is 29.0 Å². The van der Waals surface area contributed by atoms with Crippen LogP contribution in [0.4, 0.5) is 52.1 Å². The molecule has 0 radical (unpaired) electrons. The molecule has 6 fully saturated rings. The normalized spacial score (nSPS) is 23.1. The van der Waals surface area contributed by atoms with Gasteiger partial charge in [0.15, 0.2) is 5.69 Å². The fourth-order valence-corrected chi connectivity index (χ4v) is 19.2. The third kappa shape index (κ3) is 17.0. The molecule has 6 aromatic rings. The molecule has 0 spiro atoms. The van der Waals surface area contributed by atoms with Gasteiger partial charge in [0.05, 0.1) is 104 Å². The minimum Gasteiger partial charge on any atom is -0.462 e. The molecule has 32 heteroatoms. The van der Waals surface area contributed by atoms with Crippen LogP contribution in [0.1, 0.15) is 119 Å². The van der Waals surface area contributed by atoms with E-state index in [9.17, 15) is 43.3 Å². The first-order valence-electron chi connectivity index (χ1n) is 41.0. The van der Waals surface area contributed by atoms with Gasteiger partial charge >= 0.3 is 24.2 Å². The smallest absolute Gasteiger partial charge is 0.435 e. The second-order valence-corrected chi connectivity index (χ2v) is 32.6. The topological polar surface area (TPSA) is 279 Å². The number of hydrogen-bond donors (Lipinski definition) is 0. The molecule has 0 saturated carbocycles. The maximum atomic E-state index is 16.7. The van der Waals surface area contributed by atoms with Crippen molar-refractivity contribution in [2.75, 3.05) is 169 Å². The number of rotatable bonds is 23. The summed E-state index contributed by atoms with van der Waals surface area (Å²) in [5.41, 5.74) is 9.88. The number of carbonyl (C=O) groups is 3. The number of anilines is 6. The summed E-state index contributed by atoms with van der Waals surface area (Å²) >= 11 is 0. The van der Waals surface area contributed by atoms with Crippen LogP contribution in [0.15, 0.2) is 86.6 Å². The van der Waals surface area contributed by atoms with E-state index in [1.165, 1.54) is 53.1 Å². The zero-order chi connectivity index (χ0) is 82.8. The van der Waals surface area contributed by atoms with E-state index in [2.05, 4.69) is 112 Å². The summed E-state index contributed by atoms with van der Waals surface area (Å²) in [6, 6.07) is 18.9. The number of amides is 3. The van der Waals surface area contributed by atoms with Crippen LogP contribution < -0.4 is 43.6 Å². The predicted molar refractivity (Wildman–Crippen MR) is 436 cm³/mol. The Labute approximate surface area is 686 Å². The number of alkyl halides is 3. The molecule has 0 bridgehead atoms. The van der Waals surface area contributed by atoms with Crippen LogP contribution in [-0.2, 0) is 59.5 Å². The minimum absolute atomic E-state index is 0.0107. The predicted octanol–water partition coefficient (Wildman–Crippen LogP) is 8.47. The molecule has 118 heavy (non-hydrogen) atoms. The molecule has 28 nitrogen and oxygen atoms in total. The molecule has 0 aliphatic carbocycles. The summed E-state index contributed by atoms with van der Waals surface area (Å²) in [5.74, 6) is 1.03. The lowest BCUT2D eigenvalue weighted by Crippen LogP contribution is -2.55. The van der Waals surface area contributed by atoms with Crippen LogP contribution in [0.2, 0.25) is 0 Å². The van der Waals surface area contributed by atoms with E-state index in [-0.39, 0.29) is 137 Å². The number of piperazine rings is 3. The van der Waals surface area contributed by atoms with E-state index >= 15 is 4.39 Å². The lowest BCUT2D eigenvalue weighted by molar-refractivity contribution is -0.140. The first-order valence-corrected chi connectivity index (χ1v) is 41.0. The van der Waals surface area contributed by atoms with Crippen LogP contribution >= 0.6 is 0 Å². The number of carbonyl (C=O) groups excluding carboxylic acids is 3. The van der Waals surface area contributed by atoms with Gasteiger partial charge in [0.2, 0.25) is 17.7 Å². The number of likely N-dealkylation sites (tertiary alicyclic amines) is 3. The van der Waals surface area contributed by atoms with Crippen LogP contribution in [-0.4, -0.2) is 257 Å². The third-order valence-electron chi connectivity index (χ3n) is 25.8. The Morgan fingerprint density at radius 1 is 0.500 bits per heavy atom. The van der Waals surface area contributed by atoms with Gasteiger partial charge in [-0.25, -0.2) is 9.37 Å². The molecule has 9 aliphatic heterocycles. The van der Waals surface area contributed by atoms with Gasteiger partial charge in [-0.05, 0) is 169 Å². The maximum absolute atomic E-state index is 16.7. The van der Waals surface area contributed by atoms with E-state index in [1.54, 1.807) is 19.6 Å². The van der Waals surface area contributed by atoms with Crippen molar-refractivity contribution in [2.45, 2.75) is 152 Å². The number of pyridine rings is 1. The van der Waals surface area contributed by atoms with Gasteiger partial charge in [-0.3, -0.25) is 24.2 Å². The molecule has 0 N–H and O–H groups in total. The summed E-state index contributed by atoms with van der Waals surface area (Å²) in [7, 11) is 6.25. The number of ether oxygens (including phenoxy) is 3. The van der Waals surface area contributed by atoms with Crippen molar-refractivity contribution in [1.29, 1.82) is 15.8 Å². The SMILES string of the molecule is C=CC(=O)N1CCN(c2nc(OC[C@@H]3CC(c4ccc(N5CCc6c(nc(OC[C@@H]7CCCN7C)nc6N6CCN(C(=O)C=C)C(CC#N)C6)C5)c(C)c4C)CN3C)nc3c2CCN(c2cc(C4C[C@@H](COc5nc6c(c(N7CCN(C(=O)C=C)C(CC#N)C7)n5)CCN(c5cccnc5C(F)(F)F)C6)N(C)C4)ccc2F)C3)CC1CC#N. The number of benzene rings is 2. The third-order valence-corrected chi connectivity index (χ3v) is 25.8. The highest BCUT2D eigenvalue weighted by atomic mass is 19.4. The Hall–Kier alpha value is -11.3. The van der Waals surface area contributed by atoms with Crippen molar-refractivity contribution in [3.63, 3.8) is 0 Å². The number of nitrogens with zero attached hydrogens (tertiary/aromatic N) is 22. The van der Waals surface area contributed by atoms with Gasteiger partial charge < -0.3 is 63.2 Å². The quantitative estimate of drug-likeness (QED) is 0.0429. The van der Waals surface area contributed by atoms with Crippen molar-refractivity contribution in [3.8, 4) is 36.2 Å². The van der Waals surface area contributed by atoms with Gasteiger partial charge in [-0.2, -0.15) is 58.9 Å². The minimum atomic E-state index is -4.70. The monoisotopic (exact) mass is 1610 g/mol. The van der Waals surface area contributed by atoms with E-state index in [0.717, 1.165) is 84.5 Å². The molecule has 620 valence electrons. The second kappa shape index (κ2) is 35.1. The second-order valence-electron chi connectivity index (χ2n) is 32.6. The summed E-state index contributed by atoms with van der Waals surface area (Å²) in [6.45, 7) is 24.6. The fourth-order valence-electron chi connectivity index (χ4n) is 19.2. The summed E-state index contributed by atoms with van der Waals surface area (Å²) in [5, 5.41) is 29.8. The Kier molecular flexibility index (Phi) is 24.4. The molecule has 4 aromatic heterocycles. The average molecular weight is 1620 g/mol. The lowest BCUT2D eigenvalue weighted by atomic mass is 9.89. The molecular formula is C86H102F4N22O6. The zero-order valence-corrected chi connectivity index (χ0v) is 67.8. The number of halogens is 4. The van der Waals surface area contributed by atoms with Crippen LogP contribution in [0.3, 0.4) is 0 Å². The molecule has 5 unspecified atom stereocenters. The van der Waals surface area contributed by atoms with Gasteiger partial charge in [0.1, 0.15) is 43.1 Å². The molecular weight excluding hydrogens is 1510 g/mol. The van der Waals surface area contributed by atoms with Crippen molar-refractivity contribution in [1.82, 2.24) is 64.3 Å². The Morgan fingerprint density at radius 2 is 0.941 bits per heavy atom. The molecule has 9 aliphatic rings. The molecule has 2 aromatic carbocycles. The van der Waals surface area contributed by atoms with Crippen LogP contribution in [0.25, 0.3) is 0 Å². The lowest BCUT2D eigenvalue weighted by Gasteiger charge is -2.42. The van der Waals surface area contributed by atoms with Crippen molar-refractivity contribution < 1.29 is 46.2 Å². The molecule has 13 heterocycles. The van der Waals surface area contributed by atoms with Gasteiger partial charge in [-0.15, -0.1) is 0 Å². The van der Waals surface area contributed by atoms with Gasteiger partial charge in [0.25, 0.3) is 0 Å². The average Bonchev–Trinajstić information content (AvgIpc) is 0.960. The standard InChI is InChI=1S/C86H102F4N22O6/c1-9-76(113)110-37-34-107(45-59(110)20-26-91)80-66-23-31-104(48-70(66)95-83(98-80)116-51-62-14-13-30-101(62)6)73-19-17-65(54(4)55(73)5)58-41-64(103(8)44-58)53-118-85-97-72-50-106(33-25-68(72)82(100-85)109-36-39-112(78(115)11-3)61(47-109)22-28-93)75-42-56(16-18-69(75)87)57-40-63(102(7)43-57)52-117-84-96-71-49-105(74-15-12-29-94-79(74)86(88,89)90)32-24-67(71)81(99-84)108-35-38-111(77(114)10-2)60(46-108)21-27-92/h9-12,15-19,29,42,57-64H,1-3,13-14,20-25,30-41,43-53H2,4-8H3/t57?,58?,59?,60?,61?,62-,63-,64-/m0/s1. The van der Waals surface area contributed by atoms with Crippen molar-refractivity contribution in [2.24, 2.45) is 0 Å². The number of hydrogen-bond acceptors (Lipinski definition) is 25. The fraction of sp³-hybridized carbons (Fsp3) is 0.523. The largest absolute Gasteiger partial charge is 0.462 e. The molecule has 6 saturated heterocycles. The van der Waals surface area contributed by atoms with Gasteiger partial charge in [0, 0.05) is 138 Å². The maximum Gasteiger partial charge on any atom is 0.435 e.